The van der Waals surface area contributed by atoms with E-state index in [-0.39, 0.29) is 24.2 Å². The standard InChI is InChI=1S/C23H24N4O2S/c1-15-4-9-19-20(12-15)30-23(24-19)25-22(29)16-13-21(28)27(14-16)18-7-5-17(6-8-18)26-10-2-3-11-26/h4-9,12,16H,2-3,10-11,13-14H2,1H3,(H,24,25,29). The molecule has 1 N–H and O–H groups in total. The summed E-state index contributed by atoms with van der Waals surface area (Å²) in [6.07, 6.45) is 2.69. The molecule has 154 valence electrons. The quantitative estimate of drug-likeness (QED) is 0.687. The van der Waals surface area contributed by atoms with Crippen molar-refractivity contribution in [2.45, 2.75) is 26.2 Å². The Kier molecular flexibility index (Phi) is 4.90. The molecule has 3 aromatic rings. The third-order valence-corrected chi connectivity index (χ3v) is 6.84. The van der Waals surface area contributed by atoms with Crippen molar-refractivity contribution < 1.29 is 9.59 Å². The Bertz CT molecular complexity index is 1100. The van der Waals surface area contributed by atoms with Gasteiger partial charge in [0.15, 0.2) is 5.13 Å². The molecule has 0 spiro atoms. The van der Waals surface area contributed by atoms with Gasteiger partial charge in [0.05, 0.1) is 16.1 Å². The fraction of sp³-hybridized carbons (Fsp3) is 0.348. The van der Waals surface area contributed by atoms with E-state index in [1.165, 1.54) is 29.9 Å². The first kappa shape index (κ1) is 19.1. The van der Waals surface area contributed by atoms with E-state index in [1.807, 2.05) is 31.2 Å². The van der Waals surface area contributed by atoms with Crippen LogP contribution in [-0.4, -0.2) is 36.4 Å². The fourth-order valence-electron chi connectivity index (χ4n) is 4.24. The minimum absolute atomic E-state index is 0.0102. The molecule has 3 heterocycles. The van der Waals surface area contributed by atoms with Gasteiger partial charge in [-0.3, -0.25) is 9.59 Å². The Morgan fingerprint density at radius 3 is 2.60 bits per heavy atom. The molecule has 7 heteroatoms. The highest BCUT2D eigenvalue weighted by molar-refractivity contribution is 7.22. The van der Waals surface area contributed by atoms with Crippen LogP contribution in [0.3, 0.4) is 0 Å². The SMILES string of the molecule is Cc1ccc2nc(NC(=O)C3CC(=O)N(c4ccc(N5CCCC5)cc4)C3)sc2c1. The molecule has 0 aliphatic carbocycles. The van der Waals surface area contributed by atoms with Gasteiger partial charge in [-0.25, -0.2) is 4.98 Å². The van der Waals surface area contributed by atoms with E-state index in [1.54, 1.807) is 4.90 Å². The van der Waals surface area contributed by atoms with Gasteiger partial charge in [-0.15, -0.1) is 0 Å². The molecule has 2 amide bonds. The van der Waals surface area contributed by atoms with Crippen molar-refractivity contribution in [3.63, 3.8) is 0 Å². The highest BCUT2D eigenvalue weighted by Crippen LogP contribution is 2.31. The number of nitrogens with zero attached hydrogens (tertiary/aromatic N) is 3. The van der Waals surface area contributed by atoms with E-state index >= 15 is 0 Å². The number of amides is 2. The second-order valence-corrected chi connectivity index (χ2v) is 9.13. The average molecular weight is 421 g/mol. The third-order valence-electron chi connectivity index (χ3n) is 5.90. The van der Waals surface area contributed by atoms with Crippen LogP contribution in [0.15, 0.2) is 42.5 Å². The number of anilines is 3. The Balaban J connectivity index is 1.26. The summed E-state index contributed by atoms with van der Waals surface area (Å²) in [6.45, 7) is 4.62. The maximum absolute atomic E-state index is 12.8. The van der Waals surface area contributed by atoms with Gasteiger partial charge in [0.25, 0.3) is 0 Å². The Morgan fingerprint density at radius 2 is 1.83 bits per heavy atom. The summed E-state index contributed by atoms with van der Waals surface area (Å²) in [6, 6.07) is 14.2. The lowest BCUT2D eigenvalue weighted by Gasteiger charge is -2.20. The van der Waals surface area contributed by atoms with Crippen molar-refractivity contribution in [2.75, 3.05) is 34.8 Å². The molecule has 2 aromatic carbocycles. The molecule has 1 unspecified atom stereocenters. The monoisotopic (exact) mass is 420 g/mol. The maximum Gasteiger partial charge on any atom is 0.231 e. The number of fused-ring (bicyclic) bond motifs is 1. The number of thiazole rings is 1. The van der Waals surface area contributed by atoms with Gasteiger partial charge < -0.3 is 15.1 Å². The number of aryl methyl sites for hydroxylation is 1. The number of aromatic nitrogens is 1. The van der Waals surface area contributed by atoms with E-state index in [0.717, 1.165) is 34.6 Å². The number of rotatable bonds is 4. The lowest BCUT2D eigenvalue weighted by atomic mass is 10.1. The number of benzene rings is 2. The predicted molar refractivity (Wildman–Crippen MR) is 121 cm³/mol. The zero-order chi connectivity index (χ0) is 20.7. The second kappa shape index (κ2) is 7.72. The van der Waals surface area contributed by atoms with Gasteiger partial charge >= 0.3 is 0 Å². The van der Waals surface area contributed by atoms with Crippen LogP contribution in [0.1, 0.15) is 24.8 Å². The Morgan fingerprint density at radius 1 is 1.10 bits per heavy atom. The van der Waals surface area contributed by atoms with Crippen LogP contribution in [0.4, 0.5) is 16.5 Å². The summed E-state index contributed by atoms with van der Waals surface area (Å²) in [5, 5.41) is 3.50. The second-order valence-electron chi connectivity index (χ2n) is 8.10. The van der Waals surface area contributed by atoms with Crippen molar-refractivity contribution in [1.82, 2.24) is 4.98 Å². The van der Waals surface area contributed by atoms with E-state index in [2.05, 4.69) is 33.4 Å². The van der Waals surface area contributed by atoms with Crippen LogP contribution in [0, 0.1) is 12.8 Å². The predicted octanol–water partition coefficient (Wildman–Crippen LogP) is 4.20. The van der Waals surface area contributed by atoms with Crippen molar-refractivity contribution in [1.29, 1.82) is 0 Å². The molecule has 0 bridgehead atoms. The highest BCUT2D eigenvalue weighted by Gasteiger charge is 2.35. The molecule has 1 atom stereocenters. The summed E-state index contributed by atoms with van der Waals surface area (Å²) < 4.78 is 1.05. The van der Waals surface area contributed by atoms with Crippen molar-refractivity contribution in [2.24, 2.45) is 5.92 Å². The molecule has 0 saturated carbocycles. The van der Waals surface area contributed by atoms with Crippen molar-refractivity contribution >= 4 is 49.9 Å². The number of hydrogen-bond donors (Lipinski definition) is 1. The molecule has 6 nitrogen and oxygen atoms in total. The highest BCUT2D eigenvalue weighted by atomic mass is 32.1. The smallest absolute Gasteiger partial charge is 0.231 e. The summed E-state index contributed by atoms with van der Waals surface area (Å²) in [5.74, 6) is -0.524. The van der Waals surface area contributed by atoms with Crippen LogP contribution in [0.25, 0.3) is 10.2 Å². The first-order valence-electron chi connectivity index (χ1n) is 10.4. The van der Waals surface area contributed by atoms with Gasteiger partial charge in [-0.05, 0) is 61.7 Å². The number of hydrogen-bond acceptors (Lipinski definition) is 5. The summed E-state index contributed by atoms with van der Waals surface area (Å²) >= 11 is 1.46. The molecule has 2 aliphatic rings. The first-order valence-corrected chi connectivity index (χ1v) is 11.2. The van der Waals surface area contributed by atoms with Gasteiger partial charge in [-0.2, -0.15) is 0 Å². The van der Waals surface area contributed by atoms with Gasteiger partial charge in [0.1, 0.15) is 0 Å². The normalized spacial score (nSPS) is 19.1. The van der Waals surface area contributed by atoms with E-state index in [9.17, 15) is 9.59 Å². The largest absolute Gasteiger partial charge is 0.372 e. The van der Waals surface area contributed by atoms with Gasteiger partial charge in [0.2, 0.25) is 11.8 Å². The first-order chi connectivity index (χ1) is 14.6. The zero-order valence-corrected chi connectivity index (χ0v) is 17.7. The van der Waals surface area contributed by atoms with Crippen LogP contribution >= 0.6 is 11.3 Å². The molecule has 2 saturated heterocycles. The minimum atomic E-state index is -0.371. The topological polar surface area (TPSA) is 65.5 Å². The van der Waals surface area contributed by atoms with Crippen molar-refractivity contribution in [3.05, 3.63) is 48.0 Å². The third kappa shape index (κ3) is 3.65. The van der Waals surface area contributed by atoms with Crippen LogP contribution < -0.4 is 15.1 Å². The average Bonchev–Trinajstić information content (AvgIpc) is 3.47. The number of carbonyl (C=O) groups excluding carboxylic acids is 2. The molecule has 2 aliphatic heterocycles. The lowest BCUT2D eigenvalue weighted by molar-refractivity contribution is -0.122. The summed E-state index contributed by atoms with van der Waals surface area (Å²) in [7, 11) is 0. The zero-order valence-electron chi connectivity index (χ0n) is 16.9. The lowest BCUT2D eigenvalue weighted by Crippen LogP contribution is -2.28. The van der Waals surface area contributed by atoms with E-state index in [4.69, 9.17) is 0 Å². The van der Waals surface area contributed by atoms with Crippen molar-refractivity contribution in [3.8, 4) is 0 Å². The van der Waals surface area contributed by atoms with Crippen LogP contribution in [-0.2, 0) is 9.59 Å². The molecule has 2 fully saturated rings. The molecular formula is C23H24N4O2S. The van der Waals surface area contributed by atoms with Gasteiger partial charge in [0, 0.05) is 37.4 Å². The molecule has 5 rings (SSSR count). The summed E-state index contributed by atoms with van der Waals surface area (Å²) in [5.41, 5.74) is 4.09. The molecule has 0 radical (unpaired) electrons. The molecule has 30 heavy (non-hydrogen) atoms. The minimum Gasteiger partial charge on any atom is -0.372 e. The summed E-state index contributed by atoms with van der Waals surface area (Å²) in [4.78, 5) is 33.9. The van der Waals surface area contributed by atoms with E-state index in [0.29, 0.717) is 11.7 Å². The Labute approximate surface area is 179 Å². The number of carbonyl (C=O) groups is 2. The number of nitrogens with one attached hydrogen (secondary N) is 1. The molecule has 1 aromatic heterocycles. The van der Waals surface area contributed by atoms with Crippen LogP contribution in [0.2, 0.25) is 0 Å². The molecular weight excluding hydrogens is 396 g/mol. The van der Waals surface area contributed by atoms with Gasteiger partial charge in [-0.1, -0.05) is 17.4 Å². The fourth-order valence-corrected chi connectivity index (χ4v) is 5.21. The van der Waals surface area contributed by atoms with E-state index < -0.39 is 0 Å². The maximum atomic E-state index is 12.8. The van der Waals surface area contributed by atoms with Crippen LogP contribution in [0.5, 0.6) is 0 Å². The Hall–Kier alpha value is -2.93.